The van der Waals surface area contributed by atoms with Crippen molar-refractivity contribution < 1.29 is 0 Å². The van der Waals surface area contributed by atoms with Crippen LogP contribution in [-0.4, -0.2) is 49.6 Å². The zero-order valence-electron chi connectivity index (χ0n) is 12.6. The van der Waals surface area contributed by atoms with Crippen molar-refractivity contribution in [3.05, 3.63) is 34.3 Å². The molecule has 3 nitrogen and oxygen atoms in total. The second-order valence-corrected chi connectivity index (χ2v) is 6.79. The molecule has 1 atom stereocenters. The third-order valence-electron chi connectivity index (χ3n) is 4.41. The van der Waals surface area contributed by atoms with Gasteiger partial charge in [-0.25, -0.2) is 0 Å². The van der Waals surface area contributed by atoms with Gasteiger partial charge in [0.1, 0.15) is 0 Å². The van der Waals surface area contributed by atoms with Crippen LogP contribution >= 0.6 is 15.9 Å². The first-order valence-electron chi connectivity index (χ1n) is 7.46. The van der Waals surface area contributed by atoms with Gasteiger partial charge in [-0.2, -0.15) is 0 Å². The van der Waals surface area contributed by atoms with Gasteiger partial charge in [0.25, 0.3) is 0 Å². The molecule has 2 N–H and O–H groups in total. The van der Waals surface area contributed by atoms with E-state index in [0.29, 0.717) is 0 Å². The molecule has 0 spiro atoms. The maximum absolute atomic E-state index is 6.33. The Morgan fingerprint density at radius 1 is 1.35 bits per heavy atom. The number of hydrogen-bond acceptors (Lipinski definition) is 3. The molecule has 20 heavy (non-hydrogen) atoms. The zero-order valence-corrected chi connectivity index (χ0v) is 14.1. The van der Waals surface area contributed by atoms with Crippen LogP contribution in [0, 0.1) is 0 Å². The van der Waals surface area contributed by atoms with Crippen molar-refractivity contribution in [1.82, 2.24) is 9.80 Å². The number of piperidine rings is 1. The normalized spacial score (nSPS) is 19.4. The Bertz CT molecular complexity index is 416. The molecule has 0 radical (unpaired) electrons. The van der Waals surface area contributed by atoms with Crippen LogP contribution in [0.1, 0.15) is 30.9 Å². The average Bonchev–Trinajstić information content (AvgIpc) is 2.45. The summed E-state index contributed by atoms with van der Waals surface area (Å²) in [6.45, 7) is 3.49. The fourth-order valence-corrected chi connectivity index (χ4v) is 3.47. The standard InChI is InChI=1S/C16H26BrN3/c1-19-10-7-13(8-11-19)20(2)12-9-16(18)14-5-3-4-6-15(14)17/h3-6,13,16H,7-12,18H2,1-2H3. The second kappa shape index (κ2) is 7.55. The van der Waals surface area contributed by atoms with Gasteiger partial charge in [-0.05, 0) is 64.6 Å². The van der Waals surface area contributed by atoms with E-state index in [0.717, 1.165) is 23.5 Å². The Hall–Kier alpha value is -0.420. The van der Waals surface area contributed by atoms with Crippen LogP contribution in [0.2, 0.25) is 0 Å². The molecule has 2 rings (SSSR count). The molecule has 0 aromatic heterocycles. The number of likely N-dealkylation sites (tertiary alicyclic amines) is 1. The van der Waals surface area contributed by atoms with Gasteiger partial charge >= 0.3 is 0 Å². The molecule has 4 heteroatoms. The Morgan fingerprint density at radius 3 is 2.65 bits per heavy atom. The second-order valence-electron chi connectivity index (χ2n) is 5.93. The number of halogens is 1. The molecule has 1 unspecified atom stereocenters. The predicted octanol–water partition coefficient (Wildman–Crippen LogP) is 2.87. The van der Waals surface area contributed by atoms with Crippen LogP contribution in [0.5, 0.6) is 0 Å². The van der Waals surface area contributed by atoms with E-state index >= 15 is 0 Å². The van der Waals surface area contributed by atoms with E-state index in [2.05, 4.69) is 58.0 Å². The lowest BCUT2D eigenvalue weighted by Gasteiger charge is -2.35. The monoisotopic (exact) mass is 339 g/mol. The zero-order chi connectivity index (χ0) is 14.5. The first kappa shape index (κ1) is 16.0. The summed E-state index contributed by atoms with van der Waals surface area (Å²) in [5, 5.41) is 0. The lowest BCUT2D eigenvalue weighted by molar-refractivity contribution is 0.141. The average molecular weight is 340 g/mol. The van der Waals surface area contributed by atoms with Crippen molar-refractivity contribution in [2.24, 2.45) is 5.73 Å². The summed E-state index contributed by atoms with van der Waals surface area (Å²) in [6, 6.07) is 9.10. The molecule has 1 fully saturated rings. The highest BCUT2D eigenvalue weighted by atomic mass is 79.9. The van der Waals surface area contributed by atoms with Crippen LogP contribution in [0.3, 0.4) is 0 Å². The largest absolute Gasteiger partial charge is 0.324 e. The smallest absolute Gasteiger partial charge is 0.0318 e. The molecule has 1 aliphatic rings. The highest BCUT2D eigenvalue weighted by Crippen LogP contribution is 2.24. The first-order valence-corrected chi connectivity index (χ1v) is 8.26. The van der Waals surface area contributed by atoms with E-state index in [1.54, 1.807) is 0 Å². The highest BCUT2D eigenvalue weighted by molar-refractivity contribution is 9.10. The first-order chi connectivity index (χ1) is 9.58. The Morgan fingerprint density at radius 2 is 2.00 bits per heavy atom. The lowest BCUT2D eigenvalue weighted by Crippen LogP contribution is -2.42. The number of rotatable bonds is 5. The fraction of sp³-hybridized carbons (Fsp3) is 0.625. The molecule has 1 saturated heterocycles. The Labute approximate surface area is 131 Å². The Kier molecular flexibility index (Phi) is 6.02. The molecule has 1 aromatic rings. The van der Waals surface area contributed by atoms with E-state index < -0.39 is 0 Å². The minimum atomic E-state index is 0.110. The fourth-order valence-electron chi connectivity index (χ4n) is 2.89. The van der Waals surface area contributed by atoms with Crippen LogP contribution in [0.15, 0.2) is 28.7 Å². The van der Waals surface area contributed by atoms with Gasteiger partial charge in [0.2, 0.25) is 0 Å². The van der Waals surface area contributed by atoms with E-state index in [4.69, 9.17) is 5.73 Å². The molecule has 0 aliphatic carbocycles. The van der Waals surface area contributed by atoms with E-state index in [-0.39, 0.29) is 6.04 Å². The van der Waals surface area contributed by atoms with Crippen molar-refractivity contribution in [3.63, 3.8) is 0 Å². The number of nitrogens with two attached hydrogens (primary N) is 1. The maximum Gasteiger partial charge on any atom is 0.0318 e. The van der Waals surface area contributed by atoms with Crippen LogP contribution in [0.4, 0.5) is 0 Å². The van der Waals surface area contributed by atoms with Gasteiger partial charge in [0.05, 0.1) is 0 Å². The third-order valence-corrected chi connectivity index (χ3v) is 5.13. The molecule has 0 bridgehead atoms. The molecule has 1 heterocycles. The van der Waals surface area contributed by atoms with Gasteiger partial charge in [0, 0.05) is 16.6 Å². The summed E-state index contributed by atoms with van der Waals surface area (Å²) < 4.78 is 1.12. The predicted molar refractivity (Wildman–Crippen MR) is 88.8 cm³/mol. The summed E-state index contributed by atoms with van der Waals surface area (Å²) in [4.78, 5) is 4.90. The van der Waals surface area contributed by atoms with E-state index in [9.17, 15) is 0 Å². The van der Waals surface area contributed by atoms with Gasteiger partial charge in [-0.15, -0.1) is 0 Å². The summed E-state index contributed by atoms with van der Waals surface area (Å²) in [7, 11) is 4.45. The molecule has 1 aliphatic heterocycles. The summed E-state index contributed by atoms with van der Waals surface area (Å²) in [5.74, 6) is 0. The van der Waals surface area contributed by atoms with Crippen LogP contribution < -0.4 is 5.73 Å². The molecule has 1 aromatic carbocycles. The van der Waals surface area contributed by atoms with Crippen LogP contribution in [-0.2, 0) is 0 Å². The molecule has 0 saturated carbocycles. The van der Waals surface area contributed by atoms with Gasteiger partial charge < -0.3 is 15.5 Å². The summed E-state index contributed by atoms with van der Waals surface area (Å²) in [6.07, 6.45) is 3.56. The Balaban J connectivity index is 1.81. The molecular weight excluding hydrogens is 314 g/mol. The van der Waals surface area contributed by atoms with Crippen molar-refractivity contribution in [1.29, 1.82) is 0 Å². The minimum Gasteiger partial charge on any atom is -0.324 e. The highest BCUT2D eigenvalue weighted by Gasteiger charge is 2.21. The van der Waals surface area contributed by atoms with Gasteiger partial charge in [0.15, 0.2) is 0 Å². The number of hydrogen-bond donors (Lipinski definition) is 1. The maximum atomic E-state index is 6.33. The number of nitrogens with zero attached hydrogens (tertiary/aromatic N) is 2. The van der Waals surface area contributed by atoms with Crippen molar-refractivity contribution in [3.8, 4) is 0 Å². The van der Waals surface area contributed by atoms with Crippen LogP contribution in [0.25, 0.3) is 0 Å². The van der Waals surface area contributed by atoms with Gasteiger partial charge in [-0.3, -0.25) is 0 Å². The lowest BCUT2D eigenvalue weighted by atomic mass is 10.0. The molecule has 112 valence electrons. The molecule has 0 amide bonds. The summed E-state index contributed by atoms with van der Waals surface area (Å²) >= 11 is 3.59. The quantitative estimate of drug-likeness (QED) is 0.895. The summed E-state index contributed by atoms with van der Waals surface area (Å²) in [5.41, 5.74) is 7.54. The van der Waals surface area contributed by atoms with Crippen molar-refractivity contribution in [2.45, 2.75) is 31.3 Å². The molecular formula is C16H26BrN3. The van der Waals surface area contributed by atoms with E-state index in [1.165, 1.54) is 31.5 Å². The topological polar surface area (TPSA) is 32.5 Å². The SMILES string of the molecule is CN1CCC(N(C)CCC(N)c2ccccc2Br)CC1. The minimum absolute atomic E-state index is 0.110. The van der Waals surface area contributed by atoms with Gasteiger partial charge in [-0.1, -0.05) is 34.1 Å². The van der Waals surface area contributed by atoms with E-state index in [1.807, 2.05) is 6.07 Å². The number of benzene rings is 1. The third kappa shape index (κ3) is 4.29. The van der Waals surface area contributed by atoms with Crippen molar-refractivity contribution >= 4 is 15.9 Å². The van der Waals surface area contributed by atoms with Crippen molar-refractivity contribution in [2.75, 3.05) is 33.7 Å².